The van der Waals surface area contributed by atoms with E-state index in [-0.39, 0.29) is 0 Å². The maximum absolute atomic E-state index is 5.67. The van der Waals surface area contributed by atoms with Crippen molar-refractivity contribution in [2.24, 2.45) is 13.0 Å². The molecule has 1 N–H and O–H groups in total. The molecule has 108 valence electrons. The van der Waals surface area contributed by atoms with Crippen LogP contribution >= 0.6 is 0 Å². The summed E-state index contributed by atoms with van der Waals surface area (Å²) in [6.07, 6.45) is 3.70. The molecule has 0 saturated carbocycles. The van der Waals surface area contributed by atoms with Crippen LogP contribution in [0, 0.1) is 5.92 Å². The van der Waals surface area contributed by atoms with E-state index in [4.69, 9.17) is 4.74 Å². The van der Waals surface area contributed by atoms with Crippen LogP contribution < -0.4 is 10.1 Å². The average molecular weight is 273 g/mol. The minimum atomic E-state index is 0.551. The van der Waals surface area contributed by atoms with Gasteiger partial charge in [0.15, 0.2) is 0 Å². The van der Waals surface area contributed by atoms with E-state index in [9.17, 15) is 0 Å². The summed E-state index contributed by atoms with van der Waals surface area (Å²) in [6.45, 7) is 6.73. The van der Waals surface area contributed by atoms with Crippen LogP contribution in [0.2, 0.25) is 0 Å². The van der Waals surface area contributed by atoms with E-state index >= 15 is 0 Å². The summed E-state index contributed by atoms with van der Waals surface area (Å²) >= 11 is 0. The highest BCUT2D eigenvalue weighted by molar-refractivity contribution is 5.27. The van der Waals surface area contributed by atoms with Crippen LogP contribution in [-0.2, 0) is 20.1 Å². The van der Waals surface area contributed by atoms with Crippen LogP contribution in [-0.4, -0.2) is 16.2 Å². The highest BCUT2D eigenvalue weighted by Gasteiger charge is 2.00. The van der Waals surface area contributed by atoms with Crippen LogP contribution in [0.3, 0.4) is 0 Å². The number of rotatable bonds is 7. The Morgan fingerprint density at radius 3 is 2.55 bits per heavy atom. The van der Waals surface area contributed by atoms with E-state index in [1.54, 1.807) is 0 Å². The quantitative estimate of drug-likeness (QED) is 0.843. The molecular formula is C16H23N3O. The smallest absolute Gasteiger partial charge is 0.119 e. The van der Waals surface area contributed by atoms with Crippen molar-refractivity contribution >= 4 is 0 Å². The number of nitrogens with one attached hydrogen (secondary N) is 1. The van der Waals surface area contributed by atoms with Gasteiger partial charge in [0, 0.05) is 26.3 Å². The minimum absolute atomic E-state index is 0.551. The molecule has 0 aliphatic heterocycles. The molecule has 1 aromatic heterocycles. The number of nitrogens with zero attached hydrogens (tertiary/aromatic N) is 2. The largest absolute Gasteiger partial charge is 0.493 e. The number of imidazole rings is 1. The van der Waals surface area contributed by atoms with Crippen molar-refractivity contribution < 1.29 is 4.74 Å². The Morgan fingerprint density at radius 2 is 1.95 bits per heavy atom. The number of aryl methyl sites for hydroxylation is 1. The molecule has 1 heterocycles. The molecule has 0 aliphatic carbocycles. The van der Waals surface area contributed by atoms with Crippen molar-refractivity contribution in [1.82, 2.24) is 14.9 Å². The summed E-state index contributed by atoms with van der Waals surface area (Å²) in [5, 5.41) is 3.41. The maximum Gasteiger partial charge on any atom is 0.119 e. The van der Waals surface area contributed by atoms with E-state index in [1.807, 2.05) is 36.3 Å². The average Bonchev–Trinajstić information content (AvgIpc) is 2.83. The highest BCUT2D eigenvalue weighted by atomic mass is 16.5. The Kier molecular flexibility index (Phi) is 5.18. The van der Waals surface area contributed by atoms with E-state index in [1.165, 1.54) is 11.3 Å². The summed E-state index contributed by atoms with van der Waals surface area (Å²) in [4.78, 5) is 4.10. The fraction of sp³-hybridized carbons (Fsp3) is 0.438. The van der Waals surface area contributed by atoms with Crippen molar-refractivity contribution in [3.05, 3.63) is 48.0 Å². The normalized spacial score (nSPS) is 11.0. The van der Waals surface area contributed by atoms with Crippen LogP contribution in [0.4, 0.5) is 0 Å². The molecule has 2 aromatic rings. The van der Waals surface area contributed by atoms with Gasteiger partial charge in [-0.3, -0.25) is 0 Å². The molecule has 0 aliphatic rings. The molecule has 0 amide bonds. The molecule has 0 unspecified atom stereocenters. The lowest BCUT2D eigenvalue weighted by atomic mass is 10.2. The second-order valence-corrected chi connectivity index (χ2v) is 5.45. The lowest BCUT2D eigenvalue weighted by Crippen LogP contribution is -2.14. The standard InChI is InChI=1S/C16H23N3O/c1-13(2)11-20-16-6-4-14(5-7-16)8-17-9-15-10-18-12-19(15)3/h4-7,10,12-13,17H,8-9,11H2,1-3H3. The lowest BCUT2D eigenvalue weighted by Gasteiger charge is -2.10. The van der Waals surface area contributed by atoms with Gasteiger partial charge in [0.25, 0.3) is 0 Å². The third-order valence-corrected chi connectivity index (χ3v) is 3.06. The zero-order chi connectivity index (χ0) is 14.4. The molecule has 4 heteroatoms. The van der Waals surface area contributed by atoms with Gasteiger partial charge in [-0.1, -0.05) is 26.0 Å². The Hall–Kier alpha value is -1.81. The molecule has 0 spiro atoms. The predicted molar refractivity (Wildman–Crippen MR) is 80.5 cm³/mol. The lowest BCUT2D eigenvalue weighted by molar-refractivity contribution is 0.271. The second-order valence-electron chi connectivity index (χ2n) is 5.45. The Bertz CT molecular complexity index is 517. The zero-order valence-electron chi connectivity index (χ0n) is 12.5. The fourth-order valence-electron chi connectivity index (χ4n) is 1.86. The monoisotopic (exact) mass is 273 g/mol. The Labute approximate surface area is 120 Å². The van der Waals surface area contributed by atoms with Gasteiger partial charge in [-0.25, -0.2) is 4.98 Å². The van der Waals surface area contributed by atoms with E-state index in [0.29, 0.717) is 5.92 Å². The third kappa shape index (κ3) is 4.38. The van der Waals surface area contributed by atoms with Gasteiger partial charge in [0.05, 0.1) is 18.6 Å². The first-order chi connectivity index (χ1) is 9.65. The predicted octanol–water partition coefficient (Wildman–Crippen LogP) is 2.74. The van der Waals surface area contributed by atoms with Gasteiger partial charge in [-0.2, -0.15) is 0 Å². The third-order valence-electron chi connectivity index (χ3n) is 3.06. The molecule has 0 saturated heterocycles. The van der Waals surface area contributed by atoms with Crippen LogP contribution in [0.15, 0.2) is 36.8 Å². The number of aromatic nitrogens is 2. The van der Waals surface area contributed by atoms with Gasteiger partial charge in [0.2, 0.25) is 0 Å². The number of hydrogen-bond acceptors (Lipinski definition) is 3. The first-order valence-corrected chi connectivity index (χ1v) is 7.03. The summed E-state index contributed by atoms with van der Waals surface area (Å²) in [6, 6.07) is 8.27. The van der Waals surface area contributed by atoms with Crippen molar-refractivity contribution in [3.8, 4) is 5.75 Å². The fourth-order valence-corrected chi connectivity index (χ4v) is 1.86. The molecule has 0 atom stereocenters. The molecule has 4 nitrogen and oxygen atoms in total. The van der Waals surface area contributed by atoms with E-state index < -0.39 is 0 Å². The van der Waals surface area contributed by atoms with Gasteiger partial charge < -0.3 is 14.6 Å². The number of ether oxygens (including phenoxy) is 1. The molecular weight excluding hydrogens is 250 g/mol. The first kappa shape index (κ1) is 14.6. The Balaban J connectivity index is 1.77. The van der Waals surface area contributed by atoms with Crippen LogP contribution in [0.1, 0.15) is 25.1 Å². The molecule has 1 aromatic carbocycles. The maximum atomic E-state index is 5.67. The summed E-state index contributed by atoms with van der Waals surface area (Å²) in [7, 11) is 2.00. The molecule has 0 radical (unpaired) electrons. The SMILES string of the molecule is CC(C)COc1ccc(CNCc2cncn2C)cc1. The van der Waals surface area contributed by atoms with Gasteiger partial charge >= 0.3 is 0 Å². The van der Waals surface area contributed by atoms with Crippen LogP contribution in [0.5, 0.6) is 5.75 Å². The van der Waals surface area contributed by atoms with Crippen LogP contribution in [0.25, 0.3) is 0 Å². The topological polar surface area (TPSA) is 39.1 Å². The number of hydrogen-bond donors (Lipinski definition) is 1. The van der Waals surface area contributed by atoms with E-state index in [0.717, 1.165) is 25.4 Å². The van der Waals surface area contributed by atoms with Crippen molar-refractivity contribution in [2.75, 3.05) is 6.61 Å². The summed E-state index contributed by atoms with van der Waals surface area (Å²) in [5.74, 6) is 1.49. The molecule has 20 heavy (non-hydrogen) atoms. The van der Waals surface area contributed by atoms with Gasteiger partial charge in [0.1, 0.15) is 5.75 Å². The highest BCUT2D eigenvalue weighted by Crippen LogP contribution is 2.13. The minimum Gasteiger partial charge on any atom is -0.493 e. The second kappa shape index (κ2) is 7.10. The Morgan fingerprint density at radius 1 is 1.20 bits per heavy atom. The van der Waals surface area contributed by atoms with Crippen molar-refractivity contribution in [2.45, 2.75) is 26.9 Å². The van der Waals surface area contributed by atoms with Crippen molar-refractivity contribution in [3.63, 3.8) is 0 Å². The summed E-state index contributed by atoms with van der Waals surface area (Å²) in [5.41, 5.74) is 2.44. The molecule has 0 bridgehead atoms. The van der Waals surface area contributed by atoms with E-state index in [2.05, 4.69) is 36.3 Å². The van der Waals surface area contributed by atoms with Gasteiger partial charge in [-0.15, -0.1) is 0 Å². The molecule has 2 rings (SSSR count). The summed E-state index contributed by atoms with van der Waals surface area (Å²) < 4.78 is 7.69. The van der Waals surface area contributed by atoms with Crippen molar-refractivity contribution in [1.29, 1.82) is 0 Å². The molecule has 0 fully saturated rings. The number of benzene rings is 1. The van der Waals surface area contributed by atoms with Gasteiger partial charge in [-0.05, 0) is 23.6 Å². The first-order valence-electron chi connectivity index (χ1n) is 7.03. The zero-order valence-corrected chi connectivity index (χ0v) is 12.5.